The summed E-state index contributed by atoms with van der Waals surface area (Å²) in [6, 6.07) is 10.4. The van der Waals surface area contributed by atoms with E-state index in [-0.39, 0.29) is 11.5 Å². The molecule has 2 aliphatic rings. The Kier molecular flexibility index (Phi) is 5.34. The third-order valence-corrected chi connectivity index (χ3v) is 6.30. The summed E-state index contributed by atoms with van der Waals surface area (Å²) in [7, 11) is 0. The van der Waals surface area contributed by atoms with Gasteiger partial charge in [-0.2, -0.15) is 5.26 Å². The molecule has 0 bridgehead atoms. The number of amides is 1. The molecular formula is C21H27N3OS. The summed E-state index contributed by atoms with van der Waals surface area (Å²) in [5, 5.41) is 13.0. The maximum Gasteiger partial charge on any atom is 0.266 e. The van der Waals surface area contributed by atoms with Crippen molar-refractivity contribution in [1.82, 2.24) is 5.32 Å². The van der Waals surface area contributed by atoms with E-state index in [2.05, 4.69) is 67.9 Å². The average Bonchev–Trinajstić information content (AvgIpc) is 2.63. The molecular weight excluding hydrogens is 342 g/mol. The van der Waals surface area contributed by atoms with Gasteiger partial charge in [0.2, 0.25) is 0 Å². The van der Waals surface area contributed by atoms with Gasteiger partial charge in [0.15, 0.2) is 0 Å². The summed E-state index contributed by atoms with van der Waals surface area (Å²) in [6.07, 6.45) is 5.04. The molecule has 1 aromatic rings. The molecule has 4 nitrogen and oxygen atoms in total. The fraction of sp³-hybridized carbons (Fsp3) is 0.524. The first kappa shape index (κ1) is 18.8. The predicted octanol–water partition coefficient (Wildman–Crippen LogP) is 4.71. The van der Waals surface area contributed by atoms with Crippen LogP contribution in [0.5, 0.6) is 0 Å². The highest BCUT2D eigenvalue weighted by Gasteiger charge is 2.47. The van der Waals surface area contributed by atoms with Crippen LogP contribution in [0, 0.1) is 17.2 Å². The van der Waals surface area contributed by atoms with E-state index in [1.165, 1.54) is 12.0 Å². The van der Waals surface area contributed by atoms with E-state index in [0.29, 0.717) is 16.9 Å². The lowest BCUT2D eigenvalue weighted by atomic mass is 9.78. The van der Waals surface area contributed by atoms with Crippen molar-refractivity contribution < 1.29 is 4.79 Å². The smallest absolute Gasteiger partial charge is 0.266 e. The number of thiol groups is 1. The molecule has 1 saturated carbocycles. The second kappa shape index (κ2) is 7.36. The SMILES string of the molecule is CCC1CCC2(CC1)NC(=O)C(C#N)=C(S)N2c1ccc(C(C)C)cc1. The van der Waals surface area contributed by atoms with Gasteiger partial charge in [-0.05, 0) is 55.2 Å². The van der Waals surface area contributed by atoms with Crippen LogP contribution in [0.25, 0.3) is 0 Å². The average molecular weight is 370 g/mol. The number of nitrogens with one attached hydrogen (secondary N) is 1. The molecule has 0 unspecified atom stereocenters. The highest BCUT2D eigenvalue weighted by molar-refractivity contribution is 7.84. The molecule has 1 fully saturated rings. The Labute approximate surface area is 161 Å². The van der Waals surface area contributed by atoms with E-state index in [1.807, 2.05) is 6.07 Å². The van der Waals surface area contributed by atoms with Crippen molar-refractivity contribution in [2.45, 2.75) is 64.5 Å². The lowest BCUT2D eigenvalue weighted by Crippen LogP contribution is -2.64. The summed E-state index contributed by atoms with van der Waals surface area (Å²) in [6.45, 7) is 6.56. The van der Waals surface area contributed by atoms with E-state index >= 15 is 0 Å². The number of nitrogens with zero attached hydrogens (tertiary/aromatic N) is 2. The van der Waals surface area contributed by atoms with Crippen LogP contribution in [0.3, 0.4) is 0 Å². The van der Waals surface area contributed by atoms with Crippen LogP contribution in [0.15, 0.2) is 34.9 Å². The monoisotopic (exact) mass is 369 g/mol. The third-order valence-electron chi connectivity index (χ3n) is 5.88. The molecule has 0 saturated heterocycles. The maximum absolute atomic E-state index is 12.5. The van der Waals surface area contributed by atoms with Crippen molar-refractivity contribution in [3.8, 4) is 6.07 Å². The molecule has 5 heteroatoms. The molecule has 1 N–H and O–H groups in total. The molecule has 1 aromatic carbocycles. The first-order valence-corrected chi connectivity index (χ1v) is 9.92. The van der Waals surface area contributed by atoms with Crippen molar-refractivity contribution in [2.75, 3.05) is 4.90 Å². The first-order chi connectivity index (χ1) is 12.4. The van der Waals surface area contributed by atoms with Gasteiger partial charge < -0.3 is 10.2 Å². The van der Waals surface area contributed by atoms with Gasteiger partial charge >= 0.3 is 0 Å². The lowest BCUT2D eigenvalue weighted by molar-refractivity contribution is -0.120. The van der Waals surface area contributed by atoms with Crippen LogP contribution in [-0.4, -0.2) is 11.6 Å². The third kappa shape index (κ3) is 3.23. The molecule has 1 amide bonds. The van der Waals surface area contributed by atoms with Crippen molar-refractivity contribution in [3.05, 3.63) is 40.4 Å². The van der Waals surface area contributed by atoms with Crippen LogP contribution in [0.2, 0.25) is 0 Å². The van der Waals surface area contributed by atoms with Gasteiger partial charge in [0.1, 0.15) is 17.3 Å². The molecule has 0 radical (unpaired) electrons. The number of carbonyl (C=O) groups is 1. The Morgan fingerprint density at radius 2 is 1.92 bits per heavy atom. The topological polar surface area (TPSA) is 56.1 Å². The zero-order valence-electron chi connectivity index (χ0n) is 15.7. The number of hydrogen-bond donors (Lipinski definition) is 2. The van der Waals surface area contributed by atoms with Gasteiger partial charge in [-0.25, -0.2) is 0 Å². The quantitative estimate of drug-likeness (QED) is 0.759. The Bertz CT molecular complexity index is 752. The molecule has 1 aliphatic heterocycles. The minimum absolute atomic E-state index is 0.0875. The van der Waals surface area contributed by atoms with Gasteiger partial charge in [-0.15, -0.1) is 12.6 Å². The fourth-order valence-electron chi connectivity index (χ4n) is 4.14. The number of hydrogen-bond acceptors (Lipinski definition) is 4. The summed E-state index contributed by atoms with van der Waals surface area (Å²) in [4.78, 5) is 14.6. The van der Waals surface area contributed by atoms with Crippen LogP contribution in [0.1, 0.15) is 64.4 Å². The zero-order valence-corrected chi connectivity index (χ0v) is 16.6. The predicted molar refractivity (Wildman–Crippen MR) is 108 cm³/mol. The normalized spacial score (nSPS) is 26.2. The van der Waals surface area contributed by atoms with Crippen molar-refractivity contribution in [1.29, 1.82) is 5.26 Å². The molecule has 1 heterocycles. The van der Waals surface area contributed by atoms with E-state index in [4.69, 9.17) is 0 Å². The van der Waals surface area contributed by atoms with E-state index in [9.17, 15) is 10.1 Å². The second-order valence-corrected chi connectivity index (χ2v) is 8.15. The molecule has 0 atom stereocenters. The summed E-state index contributed by atoms with van der Waals surface area (Å²) < 4.78 is 0. The molecule has 0 aromatic heterocycles. The van der Waals surface area contributed by atoms with E-state index < -0.39 is 5.66 Å². The van der Waals surface area contributed by atoms with Crippen LogP contribution in [-0.2, 0) is 4.79 Å². The highest BCUT2D eigenvalue weighted by Crippen LogP contribution is 2.44. The van der Waals surface area contributed by atoms with Crippen LogP contribution < -0.4 is 10.2 Å². The number of nitriles is 1. The first-order valence-electron chi connectivity index (χ1n) is 9.48. The number of carbonyl (C=O) groups excluding carboxylic acids is 1. The molecule has 1 spiro atoms. The Hall–Kier alpha value is -1.93. The van der Waals surface area contributed by atoms with Gasteiger partial charge in [-0.3, -0.25) is 4.79 Å². The van der Waals surface area contributed by atoms with Crippen LogP contribution in [0.4, 0.5) is 5.69 Å². The van der Waals surface area contributed by atoms with Crippen molar-refractivity contribution in [3.63, 3.8) is 0 Å². The minimum atomic E-state index is -0.487. The van der Waals surface area contributed by atoms with Crippen molar-refractivity contribution in [2.24, 2.45) is 5.92 Å². The standard InChI is InChI=1S/C21H27N3OS/c1-4-15-9-11-21(12-10-15)23-19(25)18(13-22)20(26)24(21)17-7-5-16(6-8-17)14(2)3/h5-8,14-15,26H,4,9-12H2,1-3H3,(H,23,25). The van der Waals surface area contributed by atoms with E-state index in [1.54, 1.807) is 0 Å². The summed E-state index contributed by atoms with van der Waals surface area (Å²) in [5.74, 6) is 0.856. The number of anilines is 1. The Morgan fingerprint density at radius 3 is 2.42 bits per heavy atom. The molecule has 26 heavy (non-hydrogen) atoms. The van der Waals surface area contributed by atoms with E-state index in [0.717, 1.165) is 31.4 Å². The van der Waals surface area contributed by atoms with Crippen molar-refractivity contribution >= 4 is 24.2 Å². The second-order valence-electron chi connectivity index (χ2n) is 7.73. The van der Waals surface area contributed by atoms with Gasteiger partial charge in [-0.1, -0.05) is 39.3 Å². The molecule has 3 rings (SSSR count). The highest BCUT2D eigenvalue weighted by atomic mass is 32.1. The largest absolute Gasteiger partial charge is 0.328 e. The summed E-state index contributed by atoms with van der Waals surface area (Å²) in [5.41, 5.74) is 1.84. The maximum atomic E-state index is 12.5. The van der Waals surface area contributed by atoms with Crippen LogP contribution >= 0.6 is 12.6 Å². The number of benzene rings is 1. The molecule has 138 valence electrons. The summed E-state index contributed by atoms with van der Waals surface area (Å²) >= 11 is 4.62. The lowest BCUT2D eigenvalue weighted by Gasteiger charge is -2.51. The van der Waals surface area contributed by atoms with Gasteiger partial charge in [0, 0.05) is 5.69 Å². The Morgan fingerprint density at radius 1 is 1.31 bits per heavy atom. The van der Waals surface area contributed by atoms with Gasteiger partial charge in [0.25, 0.3) is 5.91 Å². The Balaban J connectivity index is 2.05. The van der Waals surface area contributed by atoms with Gasteiger partial charge in [0.05, 0.1) is 5.03 Å². The zero-order chi connectivity index (χ0) is 18.9. The number of rotatable bonds is 3. The fourth-order valence-corrected chi connectivity index (χ4v) is 4.59. The minimum Gasteiger partial charge on any atom is -0.328 e. The molecule has 1 aliphatic carbocycles.